The van der Waals surface area contributed by atoms with Gasteiger partial charge in [-0.15, -0.1) is 11.3 Å². The molecule has 0 saturated heterocycles. The van der Waals surface area contributed by atoms with Crippen molar-refractivity contribution in [1.82, 2.24) is 15.0 Å². The van der Waals surface area contributed by atoms with Crippen molar-refractivity contribution < 1.29 is 9.84 Å². The summed E-state index contributed by atoms with van der Waals surface area (Å²) >= 11 is 1.74. The largest absolute Gasteiger partial charge is 0.507 e. The van der Waals surface area contributed by atoms with Crippen LogP contribution in [-0.2, 0) is 0 Å². The number of benzene rings is 3. The molecule has 28 heavy (non-hydrogen) atoms. The van der Waals surface area contributed by atoms with E-state index in [9.17, 15) is 5.11 Å². The van der Waals surface area contributed by atoms with E-state index in [1.807, 2.05) is 18.2 Å². The minimum absolute atomic E-state index is 0.113. The molecule has 0 bridgehead atoms. The zero-order chi connectivity index (χ0) is 19.1. The number of thiophene rings is 1. The van der Waals surface area contributed by atoms with Gasteiger partial charge in [-0.2, -0.15) is 9.97 Å². The minimum Gasteiger partial charge on any atom is -0.507 e. The summed E-state index contributed by atoms with van der Waals surface area (Å²) in [5, 5.41) is 12.6. The second-order valence-corrected chi connectivity index (χ2v) is 7.38. The van der Waals surface area contributed by atoms with Crippen molar-refractivity contribution in [1.29, 1.82) is 0 Å². The molecular formula is C22H15N3O2S. The third-order valence-corrected chi connectivity index (χ3v) is 5.71. The highest BCUT2D eigenvalue weighted by molar-refractivity contribution is 7.25. The van der Waals surface area contributed by atoms with E-state index in [-0.39, 0.29) is 11.8 Å². The van der Waals surface area contributed by atoms with Gasteiger partial charge in [0, 0.05) is 25.7 Å². The van der Waals surface area contributed by atoms with Crippen LogP contribution in [0.5, 0.6) is 11.8 Å². The number of phenolic OH excluding ortho intramolecular Hbond substituents is 1. The lowest BCUT2D eigenvalue weighted by Crippen LogP contribution is -2.00. The van der Waals surface area contributed by atoms with Crippen molar-refractivity contribution in [3.63, 3.8) is 0 Å². The van der Waals surface area contributed by atoms with Gasteiger partial charge < -0.3 is 9.84 Å². The zero-order valence-electron chi connectivity index (χ0n) is 15.0. The normalized spacial score (nSPS) is 11.2. The highest BCUT2D eigenvalue weighted by Gasteiger charge is 2.14. The molecule has 0 saturated carbocycles. The third-order valence-electron chi connectivity index (χ3n) is 4.58. The number of rotatable bonds is 3. The van der Waals surface area contributed by atoms with Crippen LogP contribution in [-0.4, -0.2) is 27.2 Å². The van der Waals surface area contributed by atoms with Crippen molar-refractivity contribution in [2.45, 2.75) is 0 Å². The Hall–Kier alpha value is -3.51. The van der Waals surface area contributed by atoms with Gasteiger partial charge in [0.25, 0.3) is 0 Å². The molecule has 6 heteroatoms. The number of hydrogen-bond acceptors (Lipinski definition) is 6. The Morgan fingerprint density at radius 3 is 2.39 bits per heavy atom. The van der Waals surface area contributed by atoms with Crippen molar-refractivity contribution in [3.05, 3.63) is 66.7 Å². The van der Waals surface area contributed by atoms with Gasteiger partial charge in [-0.25, -0.2) is 4.98 Å². The Kier molecular flexibility index (Phi) is 3.91. The molecule has 0 aliphatic rings. The first-order chi connectivity index (χ1) is 13.7. The van der Waals surface area contributed by atoms with E-state index in [2.05, 4.69) is 45.3 Å². The summed E-state index contributed by atoms with van der Waals surface area (Å²) in [5.41, 5.74) is 1.41. The van der Waals surface area contributed by atoms with Crippen molar-refractivity contribution >= 4 is 31.5 Å². The average molecular weight is 385 g/mol. The molecular weight excluding hydrogens is 370 g/mol. The van der Waals surface area contributed by atoms with Crippen LogP contribution < -0.4 is 4.74 Å². The van der Waals surface area contributed by atoms with Crippen LogP contribution in [0.25, 0.3) is 42.9 Å². The number of methoxy groups -OCH3 is 1. The Labute approximate surface area is 164 Å². The number of hydrogen-bond donors (Lipinski definition) is 1. The maximum atomic E-state index is 10.2. The SMILES string of the molecule is COc1nc(-c2ccc3c(c2)sc2ccccc23)nc(-c2ccccc2O)n1. The van der Waals surface area contributed by atoms with Crippen LogP contribution >= 0.6 is 11.3 Å². The lowest BCUT2D eigenvalue weighted by atomic mass is 10.1. The van der Waals surface area contributed by atoms with Crippen LogP contribution in [0.15, 0.2) is 66.7 Å². The first kappa shape index (κ1) is 16.6. The minimum atomic E-state index is 0.113. The lowest BCUT2D eigenvalue weighted by Gasteiger charge is -2.08. The van der Waals surface area contributed by atoms with Crippen LogP contribution in [0.2, 0.25) is 0 Å². The molecule has 2 heterocycles. The van der Waals surface area contributed by atoms with Crippen molar-refractivity contribution in [3.8, 4) is 34.5 Å². The number of aromatic nitrogens is 3. The summed E-state index contributed by atoms with van der Waals surface area (Å²) in [7, 11) is 1.52. The number of para-hydroxylation sites is 1. The fourth-order valence-electron chi connectivity index (χ4n) is 3.23. The number of fused-ring (bicyclic) bond motifs is 3. The monoisotopic (exact) mass is 385 g/mol. The Morgan fingerprint density at radius 2 is 1.54 bits per heavy atom. The van der Waals surface area contributed by atoms with Gasteiger partial charge in [-0.1, -0.05) is 42.5 Å². The highest BCUT2D eigenvalue weighted by atomic mass is 32.1. The molecule has 5 rings (SSSR count). The maximum Gasteiger partial charge on any atom is 0.320 e. The quantitative estimate of drug-likeness (QED) is 0.457. The third kappa shape index (κ3) is 2.75. The predicted octanol–water partition coefficient (Wildman–Crippen LogP) is 5.29. The van der Waals surface area contributed by atoms with E-state index in [1.54, 1.807) is 29.5 Å². The summed E-state index contributed by atoms with van der Waals surface area (Å²) < 4.78 is 7.69. The molecule has 136 valence electrons. The summed E-state index contributed by atoms with van der Waals surface area (Å²) in [6.45, 7) is 0. The van der Waals surface area contributed by atoms with Gasteiger partial charge >= 0.3 is 6.01 Å². The molecule has 0 spiro atoms. The Balaban J connectivity index is 1.69. The molecule has 0 atom stereocenters. The summed E-state index contributed by atoms with van der Waals surface area (Å²) in [6.07, 6.45) is 0. The number of ether oxygens (including phenoxy) is 1. The first-order valence-corrected chi connectivity index (χ1v) is 9.55. The van der Waals surface area contributed by atoms with Gasteiger partial charge in [-0.3, -0.25) is 0 Å². The average Bonchev–Trinajstić information content (AvgIpc) is 3.11. The Morgan fingerprint density at radius 1 is 0.786 bits per heavy atom. The molecule has 2 aromatic heterocycles. The van der Waals surface area contributed by atoms with E-state index in [4.69, 9.17) is 4.74 Å². The maximum absolute atomic E-state index is 10.2. The van der Waals surface area contributed by atoms with Crippen LogP contribution in [0, 0.1) is 0 Å². The number of phenols is 1. The van der Waals surface area contributed by atoms with E-state index < -0.39 is 0 Å². The van der Waals surface area contributed by atoms with E-state index in [0.717, 1.165) is 5.56 Å². The van der Waals surface area contributed by atoms with Crippen LogP contribution in [0.1, 0.15) is 0 Å². The van der Waals surface area contributed by atoms with Gasteiger partial charge in [0.1, 0.15) is 5.75 Å². The van der Waals surface area contributed by atoms with Crippen molar-refractivity contribution in [2.75, 3.05) is 7.11 Å². The molecule has 1 N–H and O–H groups in total. The van der Waals surface area contributed by atoms with E-state index >= 15 is 0 Å². The summed E-state index contributed by atoms with van der Waals surface area (Å²) in [6, 6.07) is 21.7. The standard InChI is InChI=1S/C22H15N3O2S/c1-27-22-24-20(23-21(25-22)16-7-2-4-8-17(16)26)13-10-11-15-14-6-3-5-9-18(14)28-19(15)12-13/h2-12,26H,1H3. The molecule has 0 radical (unpaired) electrons. The predicted molar refractivity (Wildman–Crippen MR) is 112 cm³/mol. The van der Waals surface area contributed by atoms with Gasteiger partial charge in [0.2, 0.25) is 0 Å². The van der Waals surface area contributed by atoms with Gasteiger partial charge in [-0.05, 0) is 24.3 Å². The number of aromatic hydroxyl groups is 1. The molecule has 0 aliphatic heterocycles. The van der Waals surface area contributed by atoms with Crippen LogP contribution in [0.4, 0.5) is 0 Å². The van der Waals surface area contributed by atoms with E-state index in [1.165, 1.54) is 27.3 Å². The molecule has 3 aromatic carbocycles. The molecule has 5 nitrogen and oxygen atoms in total. The zero-order valence-corrected chi connectivity index (χ0v) is 15.8. The summed E-state index contributed by atoms with van der Waals surface area (Å²) in [4.78, 5) is 13.3. The second-order valence-electron chi connectivity index (χ2n) is 6.30. The first-order valence-electron chi connectivity index (χ1n) is 8.73. The fourth-order valence-corrected chi connectivity index (χ4v) is 4.37. The highest BCUT2D eigenvalue weighted by Crippen LogP contribution is 2.36. The lowest BCUT2D eigenvalue weighted by molar-refractivity contribution is 0.379. The second kappa shape index (κ2) is 6.58. The topological polar surface area (TPSA) is 68.1 Å². The Bertz CT molecular complexity index is 1330. The molecule has 5 aromatic rings. The van der Waals surface area contributed by atoms with Crippen molar-refractivity contribution in [2.24, 2.45) is 0 Å². The molecule has 0 fully saturated rings. The van der Waals surface area contributed by atoms with Gasteiger partial charge in [0.15, 0.2) is 11.6 Å². The summed E-state index contributed by atoms with van der Waals surface area (Å²) in [5.74, 6) is 0.988. The van der Waals surface area contributed by atoms with Crippen LogP contribution in [0.3, 0.4) is 0 Å². The fraction of sp³-hybridized carbons (Fsp3) is 0.0455. The van der Waals surface area contributed by atoms with Gasteiger partial charge in [0.05, 0.1) is 12.7 Å². The molecule has 0 unspecified atom stereocenters. The van der Waals surface area contributed by atoms with E-state index in [0.29, 0.717) is 17.2 Å². The molecule has 0 amide bonds. The molecule has 0 aliphatic carbocycles. The number of nitrogens with zero attached hydrogens (tertiary/aromatic N) is 3. The smallest absolute Gasteiger partial charge is 0.320 e.